The minimum atomic E-state index is -3.19. The molecule has 0 amide bonds. The van der Waals surface area contributed by atoms with E-state index in [1.807, 2.05) is 0 Å². The van der Waals surface area contributed by atoms with E-state index in [1.165, 1.54) is 37.3 Å². The van der Waals surface area contributed by atoms with Crippen molar-refractivity contribution in [2.24, 2.45) is 4.99 Å². The summed E-state index contributed by atoms with van der Waals surface area (Å²) in [6.45, 7) is 5.57. The number of hydrogen-bond donors (Lipinski definition) is 2. The third kappa shape index (κ3) is 7.10. The number of aliphatic imine (C=N–C) groups is 1. The number of hydrogen-bond acceptors (Lipinski definition) is 4. The second-order valence-corrected chi connectivity index (χ2v) is 9.24. The zero-order valence-electron chi connectivity index (χ0n) is 16.5. The van der Waals surface area contributed by atoms with Gasteiger partial charge >= 0.3 is 0 Å². The van der Waals surface area contributed by atoms with Crippen LogP contribution in [0.5, 0.6) is 0 Å². The standard InChI is InChI=1S/C19H31FN4O2S/c1-4-18(24-9-5-6-10-24)13-23-19(21-2)22-12-16-11-17(20)8-7-15(16)14-27(3,25)26/h7-8,11,18H,4-6,9-10,12-14H2,1-3H3,(H2,21,22,23). The third-order valence-corrected chi connectivity index (χ3v) is 5.72. The average Bonchev–Trinajstić information content (AvgIpc) is 3.13. The molecule has 2 rings (SSSR count). The van der Waals surface area contributed by atoms with Gasteiger partial charge in [0.1, 0.15) is 5.82 Å². The molecule has 0 aliphatic carbocycles. The fourth-order valence-corrected chi connectivity index (χ4v) is 4.28. The van der Waals surface area contributed by atoms with Crippen molar-refractivity contribution in [1.29, 1.82) is 0 Å². The number of benzene rings is 1. The molecule has 1 aromatic rings. The summed E-state index contributed by atoms with van der Waals surface area (Å²) in [4.78, 5) is 6.72. The first-order chi connectivity index (χ1) is 12.8. The molecule has 1 aromatic carbocycles. The Balaban J connectivity index is 1.96. The van der Waals surface area contributed by atoms with Gasteiger partial charge in [0.2, 0.25) is 0 Å². The van der Waals surface area contributed by atoms with Crippen molar-refractivity contribution in [2.45, 2.75) is 44.5 Å². The summed E-state index contributed by atoms with van der Waals surface area (Å²) in [5, 5.41) is 6.50. The van der Waals surface area contributed by atoms with E-state index >= 15 is 0 Å². The van der Waals surface area contributed by atoms with E-state index < -0.39 is 9.84 Å². The molecule has 1 aliphatic heterocycles. The molecule has 152 valence electrons. The highest BCUT2D eigenvalue weighted by Crippen LogP contribution is 2.15. The van der Waals surface area contributed by atoms with Crippen LogP contribution in [-0.2, 0) is 22.1 Å². The van der Waals surface area contributed by atoms with Crippen molar-refractivity contribution < 1.29 is 12.8 Å². The van der Waals surface area contributed by atoms with Gasteiger partial charge in [0.25, 0.3) is 0 Å². The van der Waals surface area contributed by atoms with Crippen molar-refractivity contribution >= 4 is 15.8 Å². The van der Waals surface area contributed by atoms with Gasteiger partial charge in [-0.15, -0.1) is 0 Å². The third-order valence-electron chi connectivity index (χ3n) is 4.89. The average molecular weight is 399 g/mol. The van der Waals surface area contributed by atoms with E-state index in [4.69, 9.17) is 0 Å². The first-order valence-electron chi connectivity index (χ1n) is 9.46. The zero-order valence-corrected chi connectivity index (χ0v) is 17.3. The molecule has 1 aliphatic rings. The molecule has 0 saturated carbocycles. The number of nitrogens with zero attached hydrogens (tertiary/aromatic N) is 2. The number of sulfone groups is 1. The van der Waals surface area contributed by atoms with Crippen LogP contribution in [0.25, 0.3) is 0 Å². The highest BCUT2D eigenvalue weighted by Gasteiger charge is 2.20. The Hall–Kier alpha value is -1.67. The summed E-state index contributed by atoms with van der Waals surface area (Å²) in [7, 11) is -1.50. The van der Waals surface area contributed by atoms with Crippen LogP contribution in [0.2, 0.25) is 0 Å². The molecule has 1 unspecified atom stereocenters. The SMILES string of the molecule is CCC(CNC(=NC)NCc1cc(F)ccc1CS(C)(=O)=O)N1CCCC1. The molecule has 0 radical (unpaired) electrons. The minimum absolute atomic E-state index is 0.108. The van der Waals surface area contributed by atoms with Gasteiger partial charge in [0, 0.05) is 32.4 Å². The minimum Gasteiger partial charge on any atom is -0.355 e. The highest BCUT2D eigenvalue weighted by atomic mass is 32.2. The van der Waals surface area contributed by atoms with E-state index in [9.17, 15) is 12.8 Å². The van der Waals surface area contributed by atoms with Gasteiger partial charge in [0.05, 0.1) is 5.75 Å². The lowest BCUT2D eigenvalue weighted by atomic mass is 10.1. The number of halogens is 1. The Morgan fingerprint density at radius 1 is 1.26 bits per heavy atom. The van der Waals surface area contributed by atoms with Crippen molar-refractivity contribution in [3.8, 4) is 0 Å². The normalized spacial score (nSPS) is 17.1. The molecule has 1 heterocycles. The maximum absolute atomic E-state index is 13.6. The summed E-state index contributed by atoms with van der Waals surface area (Å²) in [5.74, 6) is 0.137. The maximum atomic E-state index is 13.6. The largest absolute Gasteiger partial charge is 0.355 e. The van der Waals surface area contributed by atoms with Crippen molar-refractivity contribution in [1.82, 2.24) is 15.5 Å². The van der Waals surface area contributed by atoms with Gasteiger partial charge in [-0.3, -0.25) is 9.89 Å². The van der Waals surface area contributed by atoms with E-state index in [0.717, 1.165) is 26.1 Å². The summed E-state index contributed by atoms with van der Waals surface area (Å²) in [6, 6.07) is 4.66. The fourth-order valence-electron chi connectivity index (χ4n) is 3.43. The maximum Gasteiger partial charge on any atom is 0.191 e. The first kappa shape index (κ1) is 21.6. The molecule has 27 heavy (non-hydrogen) atoms. The predicted octanol–water partition coefficient (Wildman–Crippen LogP) is 1.91. The molecule has 8 heteroatoms. The molecule has 1 saturated heterocycles. The summed E-state index contributed by atoms with van der Waals surface area (Å²) in [5.41, 5.74) is 1.22. The molecule has 0 aromatic heterocycles. The molecular formula is C19H31FN4O2S. The molecule has 6 nitrogen and oxygen atoms in total. The Morgan fingerprint density at radius 3 is 2.56 bits per heavy atom. The van der Waals surface area contributed by atoms with E-state index in [0.29, 0.717) is 29.7 Å². The van der Waals surface area contributed by atoms with Crippen molar-refractivity contribution in [3.63, 3.8) is 0 Å². The second kappa shape index (κ2) is 10.0. The zero-order chi connectivity index (χ0) is 19.9. The molecule has 0 spiro atoms. The fraction of sp³-hybridized carbons (Fsp3) is 0.632. The van der Waals surface area contributed by atoms with E-state index in [-0.39, 0.29) is 11.6 Å². The van der Waals surface area contributed by atoms with Crippen LogP contribution in [-0.4, -0.2) is 58.3 Å². The van der Waals surface area contributed by atoms with E-state index in [2.05, 4.69) is 27.4 Å². The molecule has 1 fully saturated rings. The number of nitrogens with one attached hydrogen (secondary N) is 2. The number of likely N-dealkylation sites (tertiary alicyclic amines) is 1. The van der Waals surface area contributed by atoms with Gasteiger partial charge in [-0.05, 0) is 55.6 Å². The van der Waals surface area contributed by atoms with Gasteiger partial charge < -0.3 is 10.6 Å². The van der Waals surface area contributed by atoms with Crippen LogP contribution in [0.3, 0.4) is 0 Å². The molecule has 0 bridgehead atoms. The lowest BCUT2D eigenvalue weighted by molar-refractivity contribution is 0.236. The van der Waals surface area contributed by atoms with Crippen molar-refractivity contribution in [2.75, 3.05) is 32.9 Å². The van der Waals surface area contributed by atoms with Crippen LogP contribution in [0.4, 0.5) is 4.39 Å². The van der Waals surface area contributed by atoms with Gasteiger partial charge in [0.15, 0.2) is 15.8 Å². The van der Waals surface area contributed by atoms with Gasteiger partial charge in [-0.25, -0.2) is 12.8 Å². The first-order valence-corrected chi connectivity index (χ1v) is 11.5. The number of rotatable bonds is 8. The lowest BCUT2D eigenvalue weighted by Crippen LogP contribution is -2.46. The summed E-state index contributed by atoms with van der Waals surface area (Å²) >= 11 is 0. The summed E-state index contributed by atoms with van der Waals surface area (Å²) < 4.78 is 36.9. The number of guanidine groups is 1. The quantitative estimate of drug-likeness (QED) is 0.517. The van der Waals surface area contributed by atoms with Crippen molar-refractivity contribution in [3.05, 3.63) is 35.1 Å². The molecule has 2 N–H and O–H groups in total. The van der Waals surface area contributed by atoms with Crippen LogP contribution < -0.4 is 10.6 Å². The second-order valence-electron chi connectivity index (χ2n) is 7.09. The predicted molar refractivity (Wildman–Crippen MR) is 108 cm³/mol. The lowest BCUT2D eigenvalue weighted by Gasteiger charge is -2.27. The smallest absolute Gasteiger partial charge is 0.191 e. The highest BCUT2D eigenvalue weighted by molar-refractivity contribution is 7.89. The molecular weight excluding hydrogens is 367 g/mol. The van der Waals surface area contributed by atoms with Crippen LogP contribution in [0.15, 0.2) is 23.2 Å². The van der Waals surface area contributed by atoms with Gasteiger partial charge in [-0.1, -0.05) is 13.0 Å². The Bertz CT molecular complexity index is 746. The Labute approximate surface area is 162 Å². The van der Waals surface area contributed by atoms with Crippen LogP contribution >= 0.6 is 0 Å². The van der Waals surface area contributed by atoms with Gasteiger partial charge in [-0.2, -0.15) is 0 Å². The summed E-state index contributed by atoms with van der Waals surface area (Å²) in [6.07, 6.45) is 4.75. The topological polar surface area (TPSA) is 73.8 Å². The van der Waals surface area contributed by atoms with E-state index in [1.54, 1.807) is 7.05 Å². The Morgan fingerprint density at radius 2 is 1.96 bits per heavy atom. The van der Waals surface area contributed by atoms with Crippen LogP contribution in [0.1, 0.15) is 37.3 Å². The monoisotopic (exact) mass is 398 g/mol. The van der Waals surface area contributed by atoms with Crippen LogP contribution in [0, 0.1) is 5.82 Å². The Kier molecular flexibility index (Phi) is 8.04. The molecule has 1 atom stereocenters.